The summed E-state index contributed by atoms with van der Waals surface area (Å²) in [6.45, 7) is 2.07. The fourth-order valence-electron chi connectivity index (χ4n) is 3.27. The molecule has 0 atom stereocenters. The number of fused-ring (bicyclic) bond motifs is 1. The zero-order valence-electron chi connectivity index (χ0n) is 16.7. The maximum absolute atomic E-state index is 11.7. The van der Waals surface area contributed by atoms with E-state index in [4.69, 9.17) is 14.8 Å². The van der Waals surface area contributed by atoms with Gasteiger partial charge in [0, 0.05) is 17.1 Å². The number of aryl methyl sites for hydroxylation is 1. The van der Waals surface area contributed by atoms with Gasteiger partial charge in [0.15, 0.2) is 6.61 Å². The molecular weight excluding hydrogens is 410 g/mol. The van der Waals surface area contributed by atoms with Crippen LogP contribution in [0.2, 0.25) is 0 Å². The smallest absolute Gasteiger partial charge is 0.262 e. The highest BCUT2D eigenvalue weighted by Crippen LogP contribution is 2.33. The molecule has 0 radical (unpaired) electrons. The van der Waals surface area contributed by atoms with Gasteiger partial charge in [0.2, 0.25) is 4.80 Å². The van der Waals surface area contributed by atoms with Crippen molar-refractivity contribution in [3.63, 3.8) is 0 Å². The second-order valence-electron chi connectivity index (χ2n) is 7.03. The number of carbonyl (C=O) groups is 1. The zero-order chi connectivity index (χ0) is 21.2. The van der Waals surface area contributed by atoms with E-state index in [1.165, 1.54) is 11.3 Å². The number of rotatable bonds is 4. The minimum absolute atomic E-state index is 0.0324. The standard InChI is InChI=1S/C23H19N5O2S/c1-15-5-2-3-7-18(15)27-23-28(25-12-17-6-4-10-24-17)20(14-31-23)16-8-9-21-19(11-16)26-22(29)13-30-21/h2-12,14,24H,13H2,1H3,(H,26,29). The minimum Gasteiger partial charge on any atom is -0.482 e. The van der Waals surface area contributed by atoms with Gasteiger partial charge in [0.1, 0.15) is 5.75 Å². The molecule has 3 heterocycles. The number of aromatic amines is 1. The zero-order valence-corrected chi connectivity index (χ0v) is 17.5. The van der Waals surface area contributed by atoms with Crippen molar-refractivity contribution < 1.29 is 9.53 Å². The molecule has 8 heteroatoms. The van der Waals surface area contributed by atoms with Crippen molar-refractivity contribution in [2.24, 2.45) is 10.1 Å². The summed E-state index contributed by atoms with van der Waals surface area (Å²) in [5, 5.41) is 9.57. The Kier molecular flexibility index (Phi) is 4.97. The third kappa shape index (κ3) is 3.93. The number of ether oxygens (including phenoxy) is 1. The summed E-state index contributed by atoms with van der Waals surface area (Å²) in [7, 11) is 0. The van der Waals surface area contributed by atoms with Gasteiger partial charge in [-0.1, -0.05) is 18.2 Å². The first kappa shape index (κ1) is 19.1. The Morgan fingerprint density at radius 2 is 2.06 bits per heavy atom. The Morgan fingerprint density at radius 1 is 1.16 bits per heavy atom. The van der Waals surface area contributed by atoms with E-state index >= 15 is 0 Å². The van der Waals surface area contributed by atoms with E-state index in [2.05, 4.69) is 10.3 Å². The summed E-state index contributed by atoms with van der Waals surface area (Å²) in [5.41, 5.74) is 5.28. The van der Waals surface area contributed by atoms with Gasteiger partial charge < -0.3 is 15.0 Å². The quantitative estimate of drug-likeness (QED) is 0.474. The van der Waals surface area contributed by atoms with Gasteiger partial charge in [-0.3, -0.25) is 4.79 Å². The van der Waals surface area contributed by atoms with Crippen molar-refractivity contribution in [2.75, 3.05) is 11.9 Å². The lowest BCUT2D eigenvalue weighted by Gasteiger charge is -2.18. The molecule has 7 nitrogen and oxygen atoms in total. The fourth-order valence-corrected chi connectivity index (χ4v) is 4.12. The molecule has 0 bridgehead atoms. The topological polar surface area (TPSA) is 83.8 Å². The molecule has 2 aromatic carbocycles. The summed E-state index contributed by atoms with van der Waals surface area (Å²) >= 11 is 1.50. The minimum atomic E-state index is -0.164. The lowest BCUT2D eigenvalue weighted by atomic mass is 10.1. The number of thiazole rings is 1. The van der Waals surface area contributed by atoms with E-state index in [9.17, 15) is 4.79 Å². The summed E-state index contributed by atoms with van der Waals surface area (Å²) in [6.07, 6.45) is 3.61. The molecule has 0 saturated carbocycles. The van der Waals surface area contributed by atoms with Crippen molar-refractivity contribution >= 4 is 34.8 Å². The Balaban J connectivity index is 1.64. The van der Waals surface area contributed by atoms with Crippen LogP contribution in [0.5, 0.6) is 5.75 Å². The van der Waals surface area contributed by atoms with Gasteiger partial charge in [0.25, 0.3) is 5.91 Å². The molecule has 2 aromatic heterocycles. The first-order valence-corrected chi connectivity index (χ1v) is 10.6. The molecule has 154 valence electrons. The molecule has 0 spiro atoms. The molecule has 1 amide bonds. The molecule has 0 aliphatic carbocycles. The first-order chi connectivity index (χ1) is 15.2. The maximum Gasteiger partial charge on any atom is 0.262 e. The number of para-hydroxylation sites is 1. The Hall–Kier alpha value is -3.91. The van der Waals surface area contributed by atoms with E-state index in [-0.39, 0.29) is 12.5 Å². The second kappa shape index (κ2) is 8.08. The van der Waals surface area contributed by atoms with Gasteiger partial charge in [-0.2, -0.15) is 5.10 Å². The molecule has 5 rings (SSSR count). The number of aromatic nitrogens is 2. The van der Waals surface area contributed by atoms with Crippen LogP contribution in [0.25, 0.3) is 11.3 Å². The van der Waals surface area contributed by atoms with Crippen LogP contribution in [0, 0.1) is 6.92 Å². The van der Waals surface area contributed by atoms with E-state index in [0.717, 1.165) is 33.0 Å². The third-order valence-corrected chi connectivity index (χ3v) is 5.68. The number of amides is 1. The molecule has 4 aromatic rings. The largest absolute Gasteiger partial charge is 0.482 e. The van der Waals surface area contributed by atoms with Crippen molar-refractivity contribution in [1.29, 1.82) is 0 Å². The molecule has 0 fully saturated rings. The molecule has 1 aliphatic rings. The average Bonchev–Trinajstić information content (AvgIpc) is 3.43. The highest BCUT2D eigenvalue weighted by atomic mass is 32.1. The third-order valence-electron chi connectivity index (χ3n) is 4.86. The Morgan fingerprint density at radius 3 is 2.90 bits per heavy atom. The second-order valence-corrected chi connectivity index (χ2v) is 7.87. The summed E-state index contributed by atoms with van der Waals surface area (Å²) in [6, 6.07) is 17.6. The van der Waals surface area contributed by atoms with E-state index in [1.54, 1.807) is 6.21 Å². The number of nitrogens with one attached hydrogen (secondary N) is 2. The monoisotopic (exact) mass is 429 g/mol. The normalized spacial score (nSPS) is 13.8. The lowest BCUT2D eigenvalue weighted by molar-refractivity contribution is -0.118. The van der Waals surface area contributed by atoms with Crippen LogP contribution in [0.15, 0.2) is 76.3 Å². The highest BCUT2D eigenvalue weighted by molar-refractivity contribution is 7.07. The van der Waals surface area contributed by atoms with Crippen LogP contribution in [0.1, 0.15) is 11.3 Å². The lowest BCUT2D eigenvalue weighted by Crippen LogP contribution is -2.25. The summed E-state index contributed by atoms with van der Waals surface area (Å²) in [4.78, 5) is 20.5. The molecule has 0 unspecified atom stereocenters. The van der Waals surface area contributed by atoms with Gasteiger partial charge in [-0.15, -0.1) is 11.3 Å². The van der Waals surface area contributed by atoms with Crippen LogP contribution >= 0.6 is 11.3 Å². The number of carbonyl (C=O) groups excluding carboxylic acids is 1. The summed E-state index contributed by atoms with van der Waals surface area (Å²) in [5.74, 6) is 0.493. The maximum atomic E-state index is 11.7. The van der Waals surface area contributed by atoms with Crippen molar-refractivity contribution in [3.8, 4) is 17.0 Å². The summed E-state index contributed by atoms with van der Waals surface area (Å²) < 4.78 is 7.29. The Labute approximate surface area is 182 Å². The van der Waals surface area contributed by atoms with Crippen LogP contribution in [-0.4, -0.2) is 28.4 Å². The molecule has 2 N–H and O–H groups in total. The van der Waals surface area contributed by atoms with Gasteiger partial charge in [-0.05, 0) is 48.9 Å². The number of hydrogen-bond acceptors (Lipinski definition) is 5. The van der Waals surface area contributed by atoms with E-state index in [0.29, 0.717) is 11.4 Å². The predicted octanol–water partition coefficient (Wildman–Crippen LogP) is 4.30. The SMILES string of the molecule is Cc1ccccc1N=c1scc(-c2ccc3c(c2)NC(=O)CO3)n1N=Cc1ccc[nH]1. The van der Waals surface area contributed by atoms with Gasteiger partial charge in [-0.25, -0.2) is 9.67 Å². The highest BCUT2D eigenvalue weighted by Gasteiger charge is 2.18. The number of benzene rings is 2. The molecule has 0 saturated heterocycles. The Bertz CT molecular complexity index is 1350. The van der Waals surface area contributed by atoms with Gasteiger partial charge in [0.05, 0.1) is 29.0 Å². The number of anilines is 1. The molecule has 1 aliphatic heterocycles. The van der Waals surface area contributed by atoms with Crippen LogP contribution in [0.3, 0.4) is 0 Å². The first-order valence-electron chi connectivity index (χ1n) is 9.73. The predicted molar refractivity (Wildman–Crippen MR) is 122 cm³/mol. The average molecular weight is 430 g/mol. The van der Waals surface area contributed by atoms with E-state index < -0.39 is 0 Å². The van der Waals surface area contributed by atoms with Crippen LogP contribution < -0.4 is 14.9 Å². The van der Waals surface area contributed by atoms with Crippen molar-refractivity contribution in [2.45, 2.75) is 6.92 Å². The molecule has 31 heavy (non-hydrogen) atoms. The number of H-pyrrole nitrogens is 1. The number of nitrogens with zero attached hydrogens (tertiary/aromatic N) is 3. The van der Waals surface area contributed by atoms with Crippen molar-refractivity contribution in [1.82, 2.24) is 9.66 Å². The van der Waals surface area contributed by atoms with Crippen molar-refractivity contribution in [3.05, 3.63) is 82.2 Å². The number of hydrogen-bond donors (Lipinski definition) is 2. The van der Waals surface area contributed by atoms with Crippen LogP contribution in [0.4, 0.5) is 11.4 Å². The van der Waals surface area contributed by atoms with Crippen LogP contribution in [-0.2, 0) is 4.79 Å². The van der Waals surface area contributed by atoms with Gasteiger partial charge >= 0.3 is 0 Å². The van der Waals surface area contributed by atoms with E-state index in [1.807, 2.05) is 77.8 Å². The fraction of sp³-hybridized carbons (Fsp3) is 0.0870. The molecular formula is C23H19N5O2S.